The number of ether oxygens (including phenoxy) is 1. The highest BCUT2D eigenvalue weighted by Gasteiger charge is 2.08. The van der Waals surface area contributed by atoms with Gasteiger partial charge >= 0.3 is 0 Å². The van der Waals surface area contributed by atoms with Gasteiger partial charge < -0.3 is 10.5 Å². The predicted octanol–water partition coefficient (Wildman–Crippen LogP) is 3.52. The molecule has 0 unspecified atom stereocenters. The van der Waals surface area contributed by atoms with Crippen molar-refractivity contribution in [3.8, 4) is 11.5 Å². The molecule has 0 aliphatic heterocycles. The molecule has 0 spiro atoms. The fraction of sp³-hybridized carbons (Fsp3) is 0.143. The third-order valence-electron chi connectivity index (χ3n) is 2.60. The Hall–Kier alpha value is -1.94. The Labute approximate surface area is 104 Å². The summed E-state index contributed by atoms with van der Waals surface area (Å²) in [5, 5.41) is 0. The Morgan fingerprint density at radius 1 is 1.06 bits per heavy atom. The third kappa shape index (κ3) is 2.65. The summed E-state index contributed by atoms with van der Waals surface area (Å²) < 4.78 is 31.9. The number of aryl methyl sites for hydroxylation is 1. The molecule has 0 aromatic heterocycles. The summed E-state index contributed by atoms with van der Waals surface area (Å²) in [6, 6.07) is 8.51. The van der Waals surface area contributed by atoms with Crippen molar-refractivity contribution in [2.24, 2.45) is 5.73 Å². The smallest absolute Gasteiger partial charge is 0.165 e. The summed E-state index contributed by atoms with van der Waals surface area (Å²) in [5.41, 5.74) is 7.22. The first-order valence-corrected chi connectivity index (χ1v) is 5.52. The van der Waals surface area contributed by atoms with Crippen molar-refractivity contribution in [1.29, 1.82) is 0 Å². The van der Waals surface area contributed by atoms with Gasteiger partial charge in [0.05, 0.1) is 0 Å². The molecule has 0 amide bonds. The van der Waals surface area contributed by atoms with Gasteiger partial charge in [0.1, 0.15) is 11.6 Å². The molecular formula is C14H13F2NO. The van der Waals surface area contributed by atoms with E-state index in [0.717, 1.165) is 29.3 Å². The Morgan fingerprint density at radius 2 is 1.83 bits per heavy atom. The monoisotopic (exact) mass is 249 g/mol. The van der Waals surface area contributed by atoms with E-state index >= 15 is 0 Å². The van der Waals surface area contributed by atoms with Gasteiger partial charge in [-0.15, -0.1) is 0 Å². The van der Waals surface area contributed by atoms with E-state index in [2.05, 4.69) is 0 Å². The Bertz CT molecular complexity index is 570. The van der Waals surface area contributed by atoms with E-state index in [-0.39, 0.29) is 5.75 Å². The molecule has 0 bridgehead atoms. The van der Waals surface area contributed by atoms with Crippen molar-refractivity contribution in [1.82, 2.24) is 0 Å². The summed E-state index contributed by atoms with van der Waals surface area (Å²) in [4.78, 5) is 0. The molecule has 0 heterocycles. The van der Waals surface area contributed by atoms with Crippen molar-refractivity contribution in [3.63, 3.8) is 0 Å². The fourth-order valence-corrected chi connectivity index (χ4v) is 1.56. The van der Waals surface area contributed by atoms with Gasteiger partial charge in [0.25, 0.3) is 0 Å². The second-order valence-corrected chi connectivity index (χ2v) is 3.98. The lowest BCUT2D eigenvalue weighted by molar-refractivity contribution is 0.433. The molecule has 0 radical (unpaired) electrons. The molecule has 0 aliphatic carbocycles. The van der Waals surface area contributed by atoms with Crippen LogP contribution in [0.5, 0.6) is 11.5 Å². The maximum absolute atomic E-state index is 13.5. The van der Waals surface area contributed by atoms with Crippen LogP contribution < -0.4 is 10.5 Å². The van der Waals surface area contributed by atoms with Gasteiger partial charge in [0.2, 0.25) is 0 Å². The summed E-state index contributed by atoms with van der Waals surface area (Å²) in [5.74, 6) is -0.803. The highest BCUT2D eigenvalue weighted by molar-refractivity contribution is 5.40. The van der Waals surface area contributed by atoms with Crippen LogP contribution in [-0.4, -0.2) is 0 Å². The van der Waals surface area contributed by atoms with Crippen molar-refractivity contribution >= 4 is 0 Å². The maximum Gasteiger partial charge on any atom is 0.165 e. The molecule has 94 valence electrons. The largest absolute Gasteiger partial charge is 0.454 e. The van der Waals surface area contributed by atoms with Crippen LogP contribution in [-0.2, 0) is 6.54 Å². The third-order valence-corrected chi connectivity index (χ3v) is 2.60. The molecule has 0 saturated heterocycles. The molecule has 2 N–H and O–H groups in total. The minimum absolute atomic E-state index is 0.132. The van der Waals surface area contributed by atoms with E-state index in [4.69, 9.17) is 10.5 Å². The standard InChI is InChI=1S/C14H13F2NO/c1-9-2-3-10(8-17)6-13(9)18-14-7-11(15)4-5-12(14)16/h2-7H,8,17H2,1H3. The summed E-state index contributed by atoms with van der Waals surface area (Å²) in [7, 11) is 0. The number of rotatable bonds is 3. The van der Waals surface area contributed by atoms with Crippen molar-refractivity contribution < 1.29 is 13.5 Å². The zero-order valence-corrected chi connectivity index (χ0v) is 9.91. The van der Waals surface area contributed by atoms with E-state index in [1.807, 2.05) is 19.1 Å². The fourth-order valence-electron chi connectivity index (χ4n) is 1.56. The van der Waals surface area contributed by atoms with Crippen LogP contribution in [0.2, 0.25) is 0 Å². The zero-order valence-electron chi connectivity index (χ0n) is 9.91. The van der Waals surface area contributed by atoms with E-state index in [0.29, 0.717) is 12.3 Å². The predicted molar refractivity (Wildman–Crippen MR) is 65.5 cm³/mol. The number of halogens is 2. The molecule has 4 heteroatoms. The number of hydrogen-bond acceptors (Lipinski definition) is 2. The SMILES string of the molecule is Cc1ccc(CN)cc1Oc1cc(F)ccc1F. The first kappa shape index (κ1) is 12.5. The molecule has 2 rings (SSSR count). The minimum atomic E-state index is -0.603. The summed E-state index contributed by atoms with van der Waals surface area (Å²) in [6.07, 6.45) is 0. The van der Waals surface area contributed by atoms with Crippen LogP contribution in [0.15, 0.2) is 36.4 Å². The van der Waals surface area contributed by atoms with Crippen molar-refractivity contribution in [2.45, 2.75) is 13.5 Å². The molecule has 0 fully saturated rings. The van der Waals surface area contributed by atoms with Crippen molar-refractivity contribution in [3.05, 3.63) is 59.2 Å². The van der Waals surface area contributed by atoms with Crippen LogP contribution in [0.3, 0.4) is 0 Å². The Kier molecular flexibility index (Phi) is 3.58. The van der Waals surface area contributed by atoms with Gasteiger partial charge in [-0.3, -0.25) is 0 Å². The minimum Gasteiger partial charge on any atom is -0.454 e. The molecule has 2 aromatic carbocycles. The number of nitrogens with two attached hydrogens (primary N) is 1. The molecule has 0 atom stereocenters. The Balaban J connectivity index is 2.36. The molecule has 0 saturated carbocycles. The normalized spacial score (nSPS) is 10.4. The first-order chi connectivity index (χ1) is 8.60. The van der Waals surface area contributed by atoms with Crippen LogP contribution >= 0.6 is 0 Å². The van der Waals surface area contributed by atoms with Gasteiger partial charge in [-0.25, -0.2) is 8.78 Å². The highest BCUT2D eigenvalue weighted by Crippen LogP contribution is 2.28. The van der Waals surface area contributed by atoms with Gasteiger partial charge in [-0.1, -0.05) is 12.1 Å². The molecule has 0 aliphatic rings. The van der Waals surface area contributed by atoms with E-state index in [1.165, 1.54) is 0 Å². The molecule has 2 aromatic rings. The lowest BCUT2D eigenvalue weighted by Gasteiger charge is -2.10. The van der Waals surface area contributed by atoms with Crippen LogP contribution in [0.4, 0.5) is 8.78 Å². The van der Waals surface area contributed by atoms with Gasteiger partial charge in [0.15, 0.2) is 11.6 Å². The topological polar surface area (TPSA) is 35.2 Å². The summed E-state index contributed by atoms with van der Waals surface area (Å²) in [6.45, 7) is 2.19. The lowest BCUT2D eigenvalue weighted by Crippen LogP contribution is -1.98. The molecule has 2 nitrogen and oxygen atoms in total. The second-order valence-electron chi connectivity index (χ2n) is 3.98. The van der Waals surface area contributed by atoms with Gasteiger partial charge in [-0.05, 0) is 36.2 Å². The van der Waals surface area contributed by atoms with Crippen LogP contribution in [0.25, 0.3) is 0 Å². The van der Waals surface area contributed by atoms with E-state index in [1.54, 1.807) is 6.07 Å². The zero-order chi connectivity index (χ0) is 13.1. The highest BCUT2D eigenvalue weighted by atomic mass is 19.1. The molecular weight excluding hydrogens is 236 g/mol. The number of benzene rings is 2. The Morgan fingerprint density at radius 3 is 2.56 bits per heavy atom. The lowest BCUT2D eigenvalue weighted by atomic mass is 10.1. The second kappa shape index (κ2) is 5.14. The van der Waals surface area contributed by atoms with Crippen LogP contribution in [0.1, 0.15) is 11.1 Å². The van der Waals surface area contributed by atoms with E-state index < -0.39 is 11.6 Å². The molecule has 18 heavy (non-hydrogen) atoms. The van der Waals surface area contributed by atoms with Crippen LogP contribution in [0, 0.1) is 18.6 Å². The average Bonchev–Trinajstić information content (AvgIpc) is 2.36. The average molecular weight is 249 g/mol. The van der Waals surface area contributed by atoms with E-state index in [9.17, 15) is 8.78 Å². The van der Waals surface area contributed by atoms with Crippen molar-refractivity contribution in [2.75, 3.05) is 0 Å². The summed E-state index contributed by atoms with van der Waals surface area (Å²) >= 11 is 0. The first-order valence-electron chi connectivity index (χ1n) is 5.52. The van der Waals surface area contributed by atoms with Gasteiger partial charge in [0, 0.05) is 12.6 Å². The quantitative estimate of drug-likeness (QED) is 0.903. The maximum atomic E-state index is 13.5. The number of hydrogen-bond donors (Lipinski definition) is 1. The van der Waals surface area contributed by atoms with Gasteiger partial charge in [-0.2, -0.15) is 0 Å².